The van der Waals surface area contributed by atoms with Gasteiger partial charge in [0.05, 0.1) is 25.4 Å². The van der Waals surface area contributed by atoms with Crippen molar-refractivity contribution in [3.05, 3.63) is 0 Å². The van der Waals surface area contributed by atoms with E-state index in [0.717, 1.165) is 58.1 Å². The molecule has 2 saturated heterocycles. The van der Waals surface area contributed by atoms with Crippen LogP contribution in [0.25, 0.3) is 0 Å². The zero-order chi connectivity index (χ0) is 15.6. The highest BCUT2D eigenvalue weighted by molar-refractivity contribution is 14.0. The summed E-state index contributed by atoms with van der Waals surface area (Å²) in [5.41, 5.74) is 0. The van der Waals surface area contributed by atoms with E-state index in [1.807, 2.05) is 7.05 Å². The number of ether oxygens (including phenoxy) is 3. The van der Waals surface area contributed by atoms with E-state index in [4.69, 9.17) is 14.2 Å². The van der Waals surface area contributed by atoms with Gasteiger partial charge in [-0.3, -0.25) is 4.99 Å². The predicted molar refractivity (Wildman–Crippen MR) is 103 cm³/mol. The Hall–Kier alpha value is -0.120. The second kappa shape index (κ2) is 12.3. The first kappa shape index (κ1) is 20.9. The molecular formula is C16H32IN3O3. The fraction of sp³-hybridized carbons (Fsp3) is 0.938. The number of nitrogens with one attached hydrogen (secondary N) is 1. The molecular weight excluding hydrogens is 409 g/mol. The Morgan fingerprint density at radius 2 is 2.04 bits per heavy atom. The zero-order valence-electron chi connectivity index (χ0n) is 14.5. The summed E-state index contributed by atoms with van der Waals surface area (Å²) in [5.74, 6) is 0.964. The third-order valence-electron chi connectivity index (χ3n) is 4.33. The van der Waals surface area contributed by atoms with Crippen LogP contribution in [0.2, 0.25) is 0 Å². The molecule has 1 N–H and O–H groups in total. The number of piperidine rings is 1. The number of likely N-dealkylation sites (tertiary alicyclic amines) is 1. The van der Waals surface area contributed by atoms with Gasteiger partial charge in [-0.2, -0.15) is 0 Å². The van der Waals surface area contributed by atoms with Crippen LogP contribution in [0.3, 0.4) is 0 Å². The van der Waals surface area contributed by atoms with Gasteiger partial charge in [0.2, 0.25) is 0 Å². The molecule has 2 heterocycles. The fourth-order valence-electron chi connectivity index (χ4n) is 3.01. The van der Waals surface area contributed by atoms with Crippen molar-refractivity contribution in [3.8, 4) is 0 Å². The number of methoxy groups -OCH3 is 1. The summed E-state index contributed by atoms with van der Waals surface area (Å²) >= 11 is 0. The van der Waals surface area contributed by atoms with Crippen LogP contribution in [0.1, 0.15) is 32.1 Å². The highest BCUT2D eigenvalue weighted by atomic mass is 127. The maximum absolute atomic E-state index is 6.05. The number of aliphatic imine (C=N–C) groups is 1. The van der Waals surface area contributed by atoms with Crippen LogP contribution in [0.15, 0.2) is 4.99 Å². The van der Waals surface area contributed by atoms with Gasteiger partial charge in [-0.05, 0) is 32.1 Å². The van der Waals surface area contributed by atoms with Gasteiger partial charge in [0.15, 0.2) is 5.96 Å². The smallest absolute Gasteiger partial charge is 0.193 e. The molecule has 0 spiro atoms. The van der Waals surface area contributed by atoms with Crippen LogP contribution in [0.5, 0.6) is 0 Å². The van der Waals surface area contributed by atoms with Crippen LogP contribution < -0.4 is 5.32 Å². The molecule has 0 aliphatic carbocycles. The summed E-state index contributed by atoms with van der Waals surface area (Å²) in [4.78, 5) is 6.64. The number of hydrogen-bond acceptors (Lipinski definition) is 4. The molecule has 0 aromatic carbocycles. The van der Waals surface area contributed by atoms with E-state index in [2.05, 4.69) is 15.2 Å². The van der Waals surface area contributed by atoms with Crippen molar-refractivity contribution < 1.29 is 14.2 Å². The lowest BCUT2D eigenvalue weighted by atomic mass is 10.1. The van der Waals surface area contributed by atoms with E-state index >= 15 is 0 Å². The van der Waals surface area contributed by atoms with Crippen molar-refractivity contribution in [3.63, 3.8) is 0 Å². The minimum atomic E-state index is 0. The van der Waals surface area contributed by atoms with Crippen molar-refractivity contribution in [2.75, 3.05) is 53.6 Å². The maximum atomic E-state index is 6.05. The van der Waals surface area contributed by atoms with Gasteiger partial charge < -0.3 is 24.4 Å². The van der Waals surface area contributed by atoms with Crippen LogP contribution in [-0.2, 0) is 14.2 Å². The molecule has 2 aliphatic heterocycles. The van der Waals surface area contributed by atoms with Crippen molar-refractivity contribution >= 4 is 29.9 Å². The molecule has 0 bridgehead atoms. The Balaban J connectivity index is 0.00000264. The highest BCUT2D eigenvalue weighted by Crippen LogP contribution is 2.17. The largest absolute Gasteiger partial charge is 0.383 e. The van der Waals surface area contributed by atoms with Crippen LogP contribution >= 0.6 is 24.0 Å². The fourth-order valence-corrected chi connectivity index (χ4v) is 3.01. The van der Waals surface area contributed by atoms with Gasteiger partial charge in [0.25, 0.3) is 0 Å². The first-order chi connectivity index (χ1) is 10.8. The normalized spacial score (nSPS) is 23.5. The van der Waals surface area contributed by atoms with Gasteiger partial charge in [-0.25, -0.2) is 0 Å². The zero-order valence-corrected chi connectivity index (χ0v) is 16.8. The molecule has 0 amide bonds. The lowest BCUT2D eigenvalue weighted by Crippen LogP contribution is -2.47. The summed E-state index contributed by atoms with van der Waals surface area (Å²) in [5, 5.41) is 3.33. The summed E-state index contributed by atoms with van der Waals surface area (Å²) in [6.07, 6.45) is 6.40. The van der Waals surface area contributed by atoms with Crippen LogP contribution in [-0.4, -0.2) is 76.7 Å². The summed E-state index contributed by atoms with van der Waals surface area (Å²) in [7, 11) is 3.54. The molecule has 0 aromatic rings. The Labute approximate surface area is 157 Å². The van der Waals surface area contributed by atoms with E-state index in [-0.39, 0.29) is 24.0 Å². The van der Waals surface area contributed by atoms with Crippen LogP contribution in [0.4, 0.5) is 0 Å². The minimum Gasteiger partial charge on any atom is -0.383 e. The van der Waals surface area contributed by atoms with Gasteiger partial charge >= 0.3 is 0 Å². The topological polar surface area (TPSA) is 55.3 Å². The molecule has 136 valence electrons. The number of nitrogens with zero attached hydrogens (tertiary/aromatic N) is 2. The maximum Gasteiger partial charge on any atom is 0.193 e. The minimum absolute atomic E-state index is 0. The lowest BCUT2D eigenvalue weighted by Gasteiger charge is -2.35. The quantitative estimate of drug-likeness (QED) is 0.295. The second-order valence-electron chi connectivity index (χ2n) is 5.98. The van der Waals surface area contributed by atoms with Gasteiger partial charge in [0, 0.05) is 40.4 Å². The molecule has 2 fully saturated rings. The average Bonchev–Trinajstić information content (AvgIpc) is 2.59. The van der Waals surface area contributed by atoms with Gasteiger partial charge in [0.1, 0.15) is 0 Å². The highest BCUT2D eigenvalue weighted by Gasteiger charge is 2.23. The number of hydrogen-bond donors (Lipinski definition) is 1. The van der Waals surface area contributed by atoms with Crippen molar-refractivity contribution in [1.29, 1.82) is 0 Å². The first-order valence-corrected chi connectivity index (χ1v) is 8.51. The Morgan fingerprint density at radius 3 is 2.65 bits per heavy atom. The standard InChI is InChI=1S/C16H31N3O3.HI/c1-17-16(18-8-12-20-2)19-9-6-14(7-10-19)22-13-15-5-3-4-11-21-15;/h14-15H,3-13H2,1-2H3,(H,17,18);1H. The van der Waals surface area contributed by atoms with E-state index in [0.29, 0.717) is 18.8 Å². The molecule has 7 heteroatoms. The molecule has 0 radical (unpaired) electrons. The first-order valence-electron chi connectivity index (χ1n) is 8.51. The Morgan fingerprint density at radius 1 is 1.26 bits per heavy atom. The molecule has 1 unspecified atom stereocenters. The molecule has 2 rings (SSSR count). The van der Waals surface area contributed by atoms with Crippen molar-refractivity contribution in [2.24, 2.45) is 4.99 Å². The summed E-state index contributed by atoms with van der Waals surface area (Å²) in [6.45, 7) is 5.12. The van der Waals surface area contributed by atoms with E-state index in [1.165, 1.54) is 12.8 Å². The number of rotatable bonds is 6. The SMILES string of the molecule is CN=C(NCCOC)N1CCC(OCC2CCCCO2)CC1.I. The number of guanidine groups is 1. The van der Waals surface area contributed by atoms with Gasteiger partial charge in [-0.15, -0.1) is 24.0 Å². The average molecular weight is 441 g/mol. The molecule has 6 nitrogen and oxygen atoms in total. The Bertz CT molecular complexity index is 331. The van der Waals surface area contributed by atoms with E-state index in [9.17, 15) is 0 Å². The molecule has 0 aromatic heterocycles. The third-order valence-corrected chi connectivity index (χ3v) is 4.33. The molecule has 2 aliphatic rings. The third kappa shape index (κ3) is 7.53. The van der Waals surface area contributed by atoms with Crippen molar-refractivity contribution in [1.82, 2.24) is 10.2 Å². The van der Waals surface area contributed by atoms with Crippen LogP contribution in [0, 0.1) is 0 Å². The molecule has 0 saturated carbocycles. The number of halogens is 1. The Kier molecular flexibility index (Phi) is 11.2. The predicted octanol–water partition coefficient (Wildman–Crippen LogP) is 1.88. The monoisotopic (exact) mass is 441 g/mol. The second-order valence-corrected chi connectivity index (χ2v) is 5.98. The van der Waals surface area contributed by atoms with Gasteiger partial charge in [-0.1, -0.05) is 0 Å². The summed E-state index contributed by atoms with van der Waals surface area (Å²) < 4.78 is 16.8. The molecule has 1 atom stereocenters. The molecule has 23 heavy (non-hydrogen) atoms. The van der Waals surface area contributed by atoms with E-state index < -0.39 is 0 Å². The van der Waals surface area contributed by atoms with Crippen molar-refractivity contribution in [2.45, 2.75) is 44.3 Å². The summed E-state index contributed by atoms with van der Waals surface area (Å²) in [6, 6.07) is 0. The van der Waals surface area contributed by atoms with E-state index in [1.54, 1.807) is 7.11 Å². The lowest BCUT2D eigenvalue weighted by molar-refractivity contribution is -0.0721.